The third kappa shape index (κ3) is 2.63. The van der Waals surface area contributed by atoms with Crippen LogP contribution in [0.5, 0.6) is 0 Å². The van der Waals surface area contributed by atoms with E-state index in [1.165, 1.54) is 0 Å². The highest BCUT2D eigenvalue weighted by Crippen LogP contribution is 1.57. The van der Waals surface area contributed by atoms with E-state index in [1.807, 2.05) is 6.08 Å². The van der Waals surface area contributed by atoms with Gasteiger partial charge in [0.15, 0.2) is 0 Å². The Morgan fingerprint density at radius 3 is 2.33 bits per heavy atom. The lowest BCUT2D eigenvalue weighted by atomic mass is 10.6. The summed E-state index contributed by atoms with van der Waals surface area (Å²) >= 11 is 0. The molecule has 0 aromatic carbocycles. The Balaban J connectivity index is 3.36. The fourth-order valence-corrected chi connectivity index (χ4v) is 0.0645. The van der Waals surface area contributed by atoms with Gasteiger partial charge in [-0.15, -0.1) is 0 Å². The maximum atomic E-state index is 7.68. The Kier molecular flexibility index (Phi) is 2.80. The van der Waals surface area contributed by atoms with Crippen LogP contribution in [0.2, 0.25) is 0 Å². The van der Waals surface area contributed by atoms with E-state index in [0.717, 1.165) is 6.08 Å². The molecule has 0 radical (unpaired) electrons. The van der Waals surface area contributed by atoms with Crippen LogP contribution in [0.3, 0.4) is 0 Å². The van der Waals surface area contributed by atoms with Crippen LogP contribution in [0, 0.1) is 28.7 Å². The average molecular weight is 77.1 g/mol. The molecule has 0 fully saturated rings. The summed E-state index contributed by atoms with van der Waals surface area (Å²) in [6, 6.07) is 3.15. The van der Waals surface area contributed by atoms with Crippen LogP contribution in [-0.4, -0.2) is 0 Å². The van der Waals surface area contributed by atoms with Gasteiger partial charge in [-0.25, -0.2) is 0 Å². The fourth-order valence-electron chi connectivity index (χ4n) is 0.0645. The molecule has 26 valence electrons. The van der Waals surface area contributed by atoms with Crippen molar-refractivity contribution in [1.29, 1.82) is 10.5 Å². The summed E-state index contributed by atoms with van der Waals surface area (Å²) in [4.78, 5) is 0. The van der Waals surface area contributed by atoms with Crippen molar-refractivity contribution in [2.24, 2.45) is 0 Å². The Morgan fingerprint density at radius 1 is 1.50 bits per heavy atom. The molecule has 0 aliphatic heterocycles. The molecule has 0 aliphatic carbocycles. The summed E-state index contributed by atoms with van der Waals surface area (Å²) < 4.78 is 0. The van der Waals surface area contributed by atoms with Gasteiger partial charge >= 0.3 is 6.07 Å². The molecule has 0 amide bonds. The van der Waals surface area contributed by atoms with Gasteiger partial charge in [0, 0.05) is 0 Å². The summed E-state index contributed by atoms with van der Waals surface area (Å²) in [7, 11) is 0. The second kappa shape index (κ2) is 3.63. The lowest BCUT2D eigenvalue weighted by Crippen LogP contribution is -1.43. The molecule has 0 heterocycles. The van der Waals surface area contributed by atoms with E-state index in [4.69, 9.17) is 10.5 Å². The van der Waals surface area contributed by atoms with Gasteiger partial charge in [-0.3, -0.25) is 0 Å². The van der Waals surface area contributed by atoms with Gasteiger partial charge in [0.05, 0.1) is 0 Å². The minimum Gasteiger partial charge on any atom is -0.158 e. The highest BCUT2D eigenvalue weighted by Gasteiger charge is 1.74. The van der Waals surface area contributed by atoms with Crippen molar-refractivity contribution in [2.45, 2.75) is 0 Å². The second-order valence-corrected chi connectivity index (χ2v) is 0.530. The number of rotatable bonds is 0. The van der Waals surface area contributed by atoms with Crippen molar-refractivity contribution in [3.05, 3.63) is 12.2 Å². The lowest BCUT2D eigenvalue weighted by Gasteiger charge is -1.26. The van der Waals surface area contributed by atoms with E-state index in [-0.39, 0.29) is 0 Å². The molecule has 2 nitrogen and oxygen atoms in total. The van der Waals surface area contributed by atoms with E-state index in [1.54, 1.807) is 12.1 Å². The third-order valence-corrected chi connectivity index (χ3v) is 0.201. The maximum Gasteiger partial charge on any atom is 0.331 e. The van der Waals surface area contributed by atoms with Crippen LogP contribution >= 0.6 is 0 Å². The molecule has 6 heavy (non-hydrogen) atoms. The summed E-state index contributed by atoms with van der Waals surface area (Å²) in [6.07, 6.45) is 3.02. The molecular formula is C4HN2+. The number of hydrogen-bond acceptors (Lipinski definition) is 2. The SMILES string of the molecule is N#C[C+]=CC#N. The molecule has 2 heteroatoms. The number of allylic oxidation sites excluding steroid dienone is 2. The molecule has 0 aromatic heterocycles. The third-order valence-electron chi connectivity index (χ3n) is 0.201. The van der Waals surface area contributed by atoms with Gasteiger partial charge in [-0.2, -0.15) is 5.26 Å². The predicted molar refractivity (Wildman–Crippen MR) is 19.0 cm³/mol. The van der Waals surface area contributed by atoms with E-state index >= 15 is 0 Å². The zero-order valence-electron chi connectivity index (χ0n) is 2.97. The molecule has 0 N–H and O–H groups in total. The van der Waals surface area contributed by atoms with Crippen LogP contribution in [-0.2, 0) is 0 Å². The quantitative estimate of drug-likeness (QED) is 0.310. The van der Waals surface area contributed by atoms with Gasteiger partial charge in [0.25, 0.3) is 12.1 Å². The summed E-state index contributed by atoms with van der Waals surface area (Å²) in [5.74, 6) is 0. The fraction of sp³-hybridized carbons (Fsp3) is 0. The smallest absolute Gasteiger partial charge is 0.158 e. The van der Waals surface area contributed by atoms with Crippen molar-refractivity contribution >= 4 is 0 Å². The van der Waals surface area contributed by atoms with Gasteiger partial charge in [-0.05, 0) is 0 Å². The van der Waals surface area contributed by atoms with Crippen LogP contribution in [0.1, 0.15) is 0 Å². The highest BCUT2D eigenvalue weighted by atomic mass is 14.2. The zero-order valence-corrected chi connectivity index (χ0v) is 2.97. The van der Waals surface area contributed by atoms with Gasteiger partial charge < -0.3 is 0 Å². The first kappa shape index (κ1) is 4.63. The van der Waals surface area contributed by atoms with Gasteiger partial charge in [0.1, 0.15) is 0 Å². The standard InChI is InChI=1S/C4HN2/c5-3-1-2-4-6/h1H/q+1. The van der Waals surface area contributed by atoms with E-state index in [0.29, 0.717) is 0 Å². The highest BCUT2D eigenvalue weighted by molar-refractivity contribution is 5.05. The first-order chi connectivity index (χ1) is 2.91. The molecule has 0 spiro atoms. The van der Waals surface area contributed by atoms with Crippen LogP contribution < -0.4 is 0 Å². The topological polar surface area (TPSA) is 47.6 Å². The van der Waals surface area contributed by atoms with Gasteiger partial charge in [-0.1, -0.05) is 5.26 Å². The molecule has 0 saturated heterocycles. The Bertz CT molecular complexity index is 105. The molecular weight excluding hydrogens is 76.1 g/mol. The molecule has 0 aromatic rings. The lowest BCUT2D eigenvalue weighted by molar-refractivity contribution is 1.50. The van der Waals surface area contributed by atoms with Crippen molar-refractivity contribution < 1.29 is 0 Å². The van der Waals surface area contributed by atoms with Crippen molar-refractivity contribution in [3.63, 3.8) is 0 Å². The minimum atomic E-state index is 1.00. The van der Waals surface area contributed by atoms with Crippen molar-refractivity contribution in [3.8, 4) is 12.1 Å². The Hall–Kier alpha value is -1.37. The van der Waals surface area contributed by atoms with Crippen LogP contribution in [0.4, 0.5) is 0 Å². The normalized spacial score (nSPS) is 5.67. The molecule has 0 saturated carbocycles. The van der Waals surface area contributed by atoms with Crippen molar-refractivity contribution in [2.75, 3.05) is 0 Å². The monoisotopic (exact) mass is 77.0 g/mol. The predicted octanol–water partition coefficient (Wildman–Crippen LogP) is 0.393. The Labute approximate surface area is 35.9 Å². The van der Waals surface area contributed by atoms with Gasteiger partial charge in [0.2, 0.25) is 6.08 Å². The molecule has 0 aliphatic rings. The number of hydrogen-bond donors (Lipinski definition) is 0. The zero-order chi connectivity index (χ0) is 4.83. The number of nitrogens with zero attached hydrogens (tertiary/aromatic N) is 2. The molecule has 0 unspecified atom stereocenters. The van der Waals surface area contributed by atoms with E-state index in [9.17, 15) is 0 Å². The summed E-state index contributed by atoms with van der Waals surface area (Å²) in [5.41, 5.74) is 0. The summed E-state index contributed by atoms with van der Waals surface area (Å²) in [6.45, 7) is 0. The maximum absolute atomic E-state index is 7.68. The first-order valence-electron chi connectivity index (χ1n) is 1.27. The molecule has 0 bridgehead atoms. The molecule has 0 atom stereocenters. The minimum absolute atomic E-state index is 1.00. The largest absolute Gasteiger partial charge is 0.331 e. The van der Waals surface area contributed by atoms with E-state index < -0.39 is 0 Å². The number of nitriles is 2. The average Bonchev–Trinajstić information content (AvgIpc) is 1.61. The second-order valence-electron chi connectivity index (χ2n) is 0.530. The van der Waals surface area contributed by atoms with Crippen LogP contribution in [0.15, 0.2) is 6.08 Å². The molecule has 0 rings (SSSR count). The van der Waals surface area contributed by atoms with Crippen LogP contribution in [0.25, 0.3) is 0 Å². The van der Waals surface area contributed by atoms with E-state index in [2.05, 4.69) is 0 Å². The Morgan fingerprint density at radius 2 is 2.17 bits per heavy atom. The van der Waals surface area contributed by atoms with Crippen molar-refractivity contribution in [1.82, 2.24) is 0 Å². The summed E-state index contributed by atoms with van der Waals surface area (Å²) in [5, 5.41) is 15.3. The first-order valence-corrected chi connectivity index (χ1v) is 1.27.